The summed E-state index contributed by atoms with van der Waals surface area (Å²) in [7, 11) is 1.23. The van der Waals surface area contributed by atoms with E-state index in [-0.39, 0.29) is 42.2 Å². The largest absolute Gasteiger partial charge is 0.508 e. The van der Waals surface area contributed by atoms with Gasteiger partial charge in [0, 0.05) is 43.7 Å². The normalized spacial score (nSPS) is 23.0. The van der Waals surface area contributed by atoms with Crippen molar-refractivity contribution in [3.8, 4) is 11.5 Å². The molecule has 3 heterocycles. The fourth-order valence-electron chi connectivity index (χ4n) is 5.83. The Labute approximate surface area is 231 Å². The molecule has 0 bridgehead atoms. The number of rotatable bonds is 7. The van der Waals surface area contributed by atoms with E-state index in [2.05, 4.69) is 4.90 Å². The molecular weight excluding hydrogens is 528 g/mol. The van der Waals surface area contributed by atoms with Gasteiger partial charge in [-0.2, -0.15) is 0 Å². The number of hydrogen-bond acceptors (Lipinski definition) is 9. The van der Waals surface area contributed by atoms with Gasteiger partial charge in [-0.1, -0.05) is 17.7 Å². The van der Waals surface area contributed by atoms with Crippen LogP contribution in [0.3, 0.4) is 0 Å². The van der Waals surface area contributed by atoms with Crippen molar-refractivity contribution in [1.29, 1.82) is 0 Å². The van der Waals surface area contributed by atoms with Crippen LogP contribution in [0.15, 0.2) is 36.4 Å². The number of carbonyl (C=O) groups excluding carboxylic acids is 2. The zero-order valence-corrected chi connectivity index (χ0v) is 22.5. The molecule has 3 aliphatic rings. The van der Waals surface area contributed by atoms with Crippen LogP contribution < -0.4 is 4.74 Å². The summed E-state index contributed by atoms with van der Waals surface area (Å²) in [5.74, 6) is -1.18. The van der Waals surface area contributed by atoms with Crippen LogP contribution in [0.5, 0.6) is 11.5 Å². The smallest absolute Gasteiger partial charge is 0.328 e. The van der Waals surface area contributed by atoms with Gasteiger partial charge < -0.3 is 39.3 Å². The molecule has 0 aromatic heterocycles. The van der Waals surface area contributed by atoms with Crippen molar-refractivity contribution in [3.05, 3.63) is 58.1 Å². The number of ether oxygens (including phenoxy) is 3. The number of nitrogens with zero attached hydrogens (tertiary/aromatic N) is 2. The minimum absolute atomic E-state index is 0.0286. The molecule has 210 valence electrons. The zero-order chi connectivity index (χ0) is 27.7. The fraction of sp³-hybridized carbons (Fsp3) is 0.500. The fourth-order valence-corrected chi connectivity index (χ4v) is 6.02. The standard InChI is InChI=1S/C28H33ClN2O8/c1-37-27(36)24-11-20(33)14-31(24)26(35)22-4-3-19(32)12-25(22)38-16-21(34)13-30-8-6-28(7-9-30)23-5-2-18(29)10-17(23)15-39-28/h2-5,10,12,20-21,24,32-34H,6-9,11,13-16H2,1H3/t20-,21+,24+/m1/s1. The van der Waals surface area contributed by atoms with Gasteiger partial charge in [0.05, 0.1) is 31.0 Å². The summed E-state index contributed by atoms with van der Waals surface area (Å²) in [5, 5.41) is 31.5. The third-order valence-corrected chi connectivity index (χ3v) is 8.07. The van der Waals surface area contributed by atoms with Crippen molar-refractivity contribution < 1.29 is 39.1 Å². The maximum atomic E-state index is 13.3. The van der Waals surface area contributed by atoms with Gasteiger partial charge in [0.1, 0.15) is 30.3 Å². The number of carbonyl (C=O) groups is 2. The summed E-state index contributed by atoms with van der Waals surface area (Å²) in [6.07, 6.45) is -0.0397. The van der Waals surface area contributed by atoms with Crippen LogP contribution >= 0.6 is 11.6 Å². The van der Waals surface area contributed by atoms with Gasteiger partial charge in [0.15, 0.2) is 0 Å². The van der Waals surface area contributed by atoms with Gasteiger partial charge >= 0.3 is 5.97 Å². The van der Waals surface area contributed by atoms with E-state index >= 15 is 0 Å². The topological polar surface area (TPSA) is 129 Å². The number of aliphatic hydroxyl groups excluding tert-OH is 2. The number of likely N-dealkylation sites (tertiary alicyclic amines) is 2. The van der Waals surface area contributed by atoms with Crippen molar-refractivity contribution in [1.82, 2.24) is 9.80 Å². The van der Waals surface area contributed by atoms with Crippen molar-refractivity contribution in [2.75, 3.05) is 39.9 Å². The highest BCUT2D eigenvalue weighted by atomic mass is 35.5. The average molecular weight is 561 g/mol. The van der Waals surface area contributed by atoms with Crippen LogP contribution in [0.1, 0.15) is 40.7 Å². The second-order valence-electron chi connectivity index (χ2n) is 10.4. The molecular formula is C28H33ClN2O8. The first-order chi connectivity index (χ1) is 18.7. The van der Waals surface area contributed by atoms with Crippen LogP contribution in [0, 0.1) is 0 Å². The lowest BCUT2D eigenvalue weighted by molar-refractivity contribution is -0.145. The number of methoxy groups -OCH3 is 1. The van der Waals surface area contributed by atoms with Gasteiger partial charge in [-0.3, -0.25) is 4.79 Å². The first kappa shape index (κ1) is 27.7. The second kappa shape index (κ2) is 11.3. The first-order valence-corrected chi connectivity index (χ1v) is 13.4. The lowest BCUT2D eigenvalue weighted by Gasteiger charge is -2.39. The molecule has 3 aliphatic heterocycles. The summed E-state index contributed by atoms with van der Waals surface area (Å²) < 4.78 is 16.8. The molecule has 0 radical (unpaired) electrons. The molecule has 1 spiro atoms. The number of esters is 1. The molecule has 10 nitrogen and oxygen atoms in total. The summed E-state index contributed by atoms with van der Waals surface area (Å²) >= 11 is 6.14. The predicted molar refractivity (Wildman–Crippen MR) is 141 cm³/mol. The monoisotopic (exact) mass is 560 g/mol. The molecule has 2 aromatic rings. The van der Waals surface area contributed by atoms with Gasteiger partial charge in [0.25, 0.3) is 5.91 Å². The van der Waals surface area contributed by atoms with E-state index in [1.54, 1.807) is 0 Å². The number of phenols is 1. The molecule has 1 amide bonds. The SMILES string of the molecule is COC(=O)[C@@H]1C[C@@H](O)CN1C(=O)c1ccc(O)cc1OC[C@@H](O)CN1CCC2(CC1)OCc1cc(Cl)ccc12. The number of fused-ring (bicyclic) bond motifs is 2. The lowest BCUT2D eigenvalue weighted by atomic mass is 9.84. The molecule has 3 N–H and O–H groups in total. The Morgan fingerprint density at radius 3 is 2.72 bits per heavy atom. The number of β-amino-alcohol motifs (C(OH)–C–C–N with tert-alkyl or cyclic N) is 2. The summed E-state index contributed by atoms with van der Waals surface area (Å²) in [6.45, 7) is 2.26. The number of amides is 1. The average Bonchev–Trinajstić information content (AvgIpc) is 3.48. The van der Waals surface area contributed by atoms with Gasteiger partial charge in [0.2, 0.25) is 0 Å². The maximum Gasteiger partial charge on any atom is 0.328 e. The van der Waals surface area contributed by atoms with E-state index in [1.165, 1.54) is 35.8 Å². The third-order valence-electron chi connectivity index (χ3n) is 7.83. The predicted octanol–water partition coefficient (Wildman–Crippen LogP) is 2.06. The molecule has 11 heteroatoms. The Morgan fingerprint density at radius 2 is 1.97 bits per heavy atom. The molecule has 5 rings (SSSR count). The number of hydrogen-bond donors (Lipinski definition) is 3. The van der Waals surface area contributed by atoms with E-state index < -0.39 is 30.1 Å². The molecule has 0 unspecified atom stereocenters. The van der Waals surface area contributed by atoms with Crippen molar-refractivity contribution in [2.24, 2.45) is 0 Å². The van der Waals surface area contributed by atoms with Crippen LogP contribution in [0.25, 0.3) is 0 Å². The van der Waals surface area contributed by atoms with E-state index in [0.717, 1.165) is 31.5 Å². The van der Waals surface area contributed by atoms with Crippen molar-refractivity contribution >= 4 is 23.5 Å². The number of halogens is 1. The summed E-state index contributed by atoms with van der Waals surface area (Å²) in [4.78, 5) is 28.9. The van der Waals surface area contributed by atoms with Crippen molar-refractivity contribution in [2.45, 2.75) is 49.7 Å². The summed E-state index contributed by atoms with van der Waals surface area (Å²) in [6, 6.07) is 9.03. The van der Waals surface area contributed by atoms with Gasteiger partial charge in [-0.25, -0.2) is 4.79 Å². The van der Waals surface area contributed by atoms with Gasteiger partial charge in [-0.15, -0.1) is 0 Å². The molecule has 2 aromatic carbocycles. The second-order valence-corrected chi connectivity index (χ2v) is 10.9. The van der Waals surface area contributed by atoms with Gasteiger partial charge in [-0.05, 0) is 48.2 Å². The Hall–Kier alpha value is -2.89. The Bertz CT molecular complexity index is 1230. The highest BCUT2D eigenvalue weighted by Gasteiger charge is 2.43. The first-order valence-electron chi connectivity index (χ1n) is 13.0. The van der Waals surface area contributed by atoms with Crippen molar-refractivity contribution in [3.63, 3.8) is 0 Å². The van der Waals surface area contributed by atoms with Crippen LogP contribution in [-0.2, 0) is 26.5 Å². The minimum Gasteiger partial charge on any atom is -0.508 e. The highest BCUT2D eigenvalue weighted by Crippen LogP contribution is 2.44. The zero-order valence-electron chi connectivity index (χ0n) is 21.7. The Kier molecular flexibility index (Phi) is 8.02. The maximum absolute atomic E-state index is 13.3. The Morgan fingerprint density at radius 1 is 1.21 bits per heavy atom. The quantitative estimate of drug-likeness (QED) is 0.436. The number of phenolic OH excluding ortho intramolecular Hbond substituents is 1. The number of aliphatic hydroxyl groups is 2. The highest BCUT2D eigenvalue weighted by molar-refractivity contribution is 6.30. The number of aromatic hydroxyl groups is 1. The number of piperidine rings is 1. The Balaban J connectivity index is 1.19. The van der Waals surface area contributed by atoms with Crippen LogP contribution in [0.2, 0.25) is 5.02 Å². The lowest BCUT2D eigenvalue weighted by Crippen LogP contribution is -2.46. The minimum atomic E-state index is -0.917. The van der Waals surface area contributed by atoms with E-state index in [0.29, 0.717) is 18.2 Å². The number of benzene rings is 2. The third kappa shape index (κ3) is 5.71. The van der Waals surface area contributed by atoms with Crippen LogP contribution in [0.4, 0.5) is 0 Å². The van der Waals surface area contributed by atoms with E-state index in [4.69, 9.17) is 25.8 Å². The molecule has 0 aliphatic carbocycles. The van der Waals surface area contributed by atoms with E-state index in [1.807, 2.05) is 18.2 Å². The molecule has 39 heavy (non-hydrogen) atoms. The molecule has 2 fully saturated rings. The summed E-state index contributed by atoms with van der Waals surface area (Å²) in [5.41, 5.74) is 2.11. The van der Waals surface area contributed by atoms with Crippen LogP contribution in [-0.4, -0.2) is 95.1 Å². The molecule has 0 saturated carbocycles. The molecule has 3 atom stereocenters. The molecule has 2 saturated heterocycles. The van der Waals surface area contributed by atoms with E-state index in [9.17, 15) is 24.9 Å².